The predicted octanol–water partition coefficient (Wildman–Crippen LogP) is 5.59. The van der Waals surface area contributed by atoms with Crippen molar-refractivity contribution in [3.8, 4) is 22.6 Å². The van der Waals surface area contributed by atoms with E-state index in [9.17, 15) is 15.0 Å². The van der Waals surface area contributed by atoms with Gasteiger partial charge in [-0.15, -0.1) is 0 Å². The van der Waals surface area contributed by atoms with Crippen LogP contribution in [0, 0.1) is 0 Å². The van der Waals surface area contributed by atoms with Gasteiger partial charge >= 0.3 is 5.97 Å². The third-order valence-corrected chi connectivity index (χ3v) is 5.51. The minimum Gasteiger partial charge on any atom is -0.493 e. The fourth-order valence-corrected chi connectivity index (χ4v) is 3.58. The van der Waals surface area contributed by atoms with Crippen LogP contribution in [-0.2, 0) is 0 Å². The van der Waals surface area contributed by atoms with Crippen molar-refractivity contribution in [2.75, 3.05) is 26.3 Å². The van der Waals surface area contributed by atoms with E-state index in [1.54, 1.807) is 30.3 Å². The van der Waals surface area contributed by atoms with Gasteiger partial charge in [0.1, 0.15) is 23.7 Å². The Bertz CT molecular complexity index is 1070. The number of aromatic carboxylic acids is 1. The van der Waals surface area contributed by atoms with Gasteiger partial charge in [0.05, 0.1) is 12.7 Å². The monoisotopic (exact) mass is 483 g/mol. The van der Waals surface area contributed by atoms with Crippen LogP contribution in [0.1, 0.15) is 41.8 Å². The first-order valence-corrected chi connectivity index (χ1v) is 11.7. The maximum Gasteiger partial charge on any atom is 0.339 e. The van der Waals surface area contributed by atoms with Gasteiger partial charge in [0.25, 0.3) is 0 Å². The molecule has 0 aliphatic heterocycles. The molecule has 0 saturated heterocycles. The lowest BCUT2D eigenvalue weighted by molar-refractivity contribution is 0.0692. The summed E-state index contributed by atoms with van der Waals surface area (Å²) in [5, 5.41) is 23.4. The molecule has 0 aliphatic rings. The number of hydrogen-bond acceptors (Lipinski definition) is 5. The molecule has 3 rings (SSSR count). The number of benzene rings is 3. The van der Waals surface area contributed by atoms with Crippen LogP contribution in [0.3, 0.4) is 0 Å². The summed E-state index contributed by atoms with van der Waals surface area (Å²) in [4.78, 5) is 11.5. The van der Waals surface area contributed by atoms with Crippen LogP contribution in [0.25, 0.3) is 11.1 Å². The van der Waals surface area contributed by atoms with E-state index in [0.29, 0.717) is 37.1 Å². The minimum absolute atomic E-state index is 0.160. The van der Waals surface area contributed by atoms with E-state index in [1.165, 1.54) is 0 Å². The first-order chi connectivity index (χ1) is 16.5. The topological polar surface area (TPSA) is 88.0 Å². The number of carboxylic acid groups (broad SMARTS) is 1. The number of halogens is 1. The summed E-state index contributed by atoms with van der Waals surface area (Å²) >= 11 is 5.96. The standard InChI is InChI=1S/C27H30ClNO5/c1-2-3-14-34-26-17-20(9-12-24(26)27(31)32)19-7-10-23(11-8-19)33-15-13-29-18-25(30)21-5-4-6-22(28)16-21/h4-12,16-17,25,29-30H,2-3,13-15,18H2,1H3,(H,31,32)/t25-/m0/s1. The highest BCUT2D eigenvalue weighted by atomic mass is 35.5. The molecule has 180 valence electrons. The molecule has 3 N–H and O–H groups in total. The zero-order valence-corrected chi connectivity index (χ0v) is 19.9. The molecule has 0 spiro atoms. The maximum atomic E-state index is 11.5. The lowest BCUT2D eigenvalue weighted by Crippen LogP contribution is -2.26. The molecule has 7 heteroatoms. The Kier molecular flexibility index (Phi) is 9.76. The van der Waals surface area contributed by atoms with Crippen molar-refractivity contribution < 1.29 is 24.5 Å². The highest BCUT2D eigenvalue weighted by Crippen LogP contribution is 2.29. The second-order valence-corrected chi connectivity index (χ2v) is 8.30. The number of rotatable bonds is 13. The lowest BCUT2D eigenvalue weighted by atomic mass is 10.0. The maximum absolute atomic E-state index is 11.5. The molecule has 6 nitrogen and oxygen atoms in total. The van der Waals surface area contributed by atoms with Crippen molar-refractivity contribution in [3.63, 3.8) is 0 Å². The van der Waals surface area contributed by atoms with Crippen molar-refractivity contribution in [3.05, 3.63) is 82.9 Å². The molecule has 0 fully saturated rings. The molecule has 0 bridgehead atoms. The summed E-state index contributed by atoms with van der Waals surface area (Å²) in [7, 11) is 0. The van der Waals surface area contributed by atoms with Crippen molar-refractivity contribution in [1.29, 1.82) is 0 Å². The number of unbranched alkanes of at least 4 members (excludes halogenated alkanes) is 1. The van der Waals surface area contributed by atoms with E-state index in [-0.39, 0.29) is 5.56 Å². The third-order valence-electron chi connectivity index (χ3n) is 5.27. The molecular weight excluding hydrogens is 454 g/mol. The van der Waals surface area contributed by atoms with E-state index in [2.05, 4.69) is 12.2 Å². The number of carboxylic acids is 1. The number of carbonyl (C=O) groups is 1. The average Bonchev–Trinajstić information content (AvgIpc) is 2.84. The molecule has 0 radical (unpaired) electrons. The number of aliphatic hydroxyl groups is 1. The Balaban J connectivity index is 1.50. The number of hydrogen-bond donors (Lipinski definition) is 3. The first-order valence-electron chi connectivity index (χ1n) is 11.4. The van der Waals surface area contributed by atoms with E-state index in [4.69, 9.17) is 21.1 Å². The van der Waals surface area contributed by atoms with E-state index < -0.39 is 12.1 Å². The van der Waals surface area contributed by atoms with Crippen molar-refractivity contribution in [1.82, 2.24) is 5.32 Å². The fourth-order valence-electron chi connectivity index (χ4n) is 3.38. The molecule has 0 unspecified atom stereocenters. The molecular formula is C27H30ClNO5. The molecule has 0 aromatic heterocycles. The van der Waals surface area contributed by atoms with Crippen molar-refractivity contribution >= 4 is 17.6 Å². The SMILES string of the molecule is CCCCOc1cc(-c2ccc(OCCNC[C@H](O)c3cccc(Cl)c3)cc2)ccc1C(=O)O. The Labute approximate surface area is 205 Å². The summed E-state index contributed by atoms with van der Waals surface area (Å²) in [5.74, 6) is 0.0998. The quantitative estimate of drug-likeness (QED) is 0.275. The van der Waals surface area contributed by atoms with Gasteiger partial charge in [0.2, 0.25) is 0 Å². The zero-order valence-electron chi connectivity index (χ0n) is 19.2. The minimum atomic E-state index is -1.00. The molecule has 1 atom stereocenters. The highest BCUT2D eigenvalue weighted by molar-refractivity contribution is 6.30. The second kappa shape index (κ2) is 13.0. The molecule has 0 amide bonds. The number of ether oxygens (including phenoxy) is 2. The van der Waals surface area contributed by atoms with E-state index >= 15 is 0 Å². The van der Waals surface area contributed by atoms with Crippen LogP contribution in [0.4, 0.5) is 0 Å². The molecule has 34 heavy (non-hydrogen) atoms. The van der Waals surface area contributed by atoms with Gasteiger partial charge in [-0.25, -0.2) is 4.79 Å². The van der Waals surface area contributed by atoms with Crippen LogP contribution in [0.5, 0.6) is 11.5 Å². The van der Waals surface area contributed by atoms with Crippen LogP contribution < -0.4 is 14.8 Å². The first kappa shape index (κ1) is 25.6. The van der Waals surface area contributed by atoms with Crippen molar-refractivity contribution in [2.45, 2.75) is 25.9 Å². The smallest absolute Gasteiger partial charge is 0.339 e. The lowest BCUT2D eigenvalue weighted by Gasteiger charge is -2.13. The van der Waals surface area contributed by atoms with Gasteiger partial charge in [-0.05, 0) is 59.5 Å². The Morgan fingerprint density at radius 3 is 2.47 bits per heavy atom. The fraction of sp³-hybridized carbons (Fsp3) is 0.296. The Morgan fingerprint density at radius 2 is 1.76 bits per heavy atom. The summed E-state index contributed by atoms with van der Waals surface area (Å²) in [6.07, 6.45) is 1.20. The molecule has 0 aliphatic carbocycles. The number of aliphatic hydroxyl groups excluding tert-OH is 1. The van der Waals surface area contributed by atoms with Gasteiger partial charge in [-0.2, -0.15) is 0 Å². The largest absolute Gasteiger partial charge is 0.493 e. The van der Waals surface area contributed by atoms with Crippen LogP contribution in [0.2, 0.25) is 5.02 Å². The zero-order chi connectivity index (χ0) is 24.3. The number of nitrogens with one attached hydrogen (secondary N) is 1. The molecule has 3 aromatic rings. The second-order valence-electron chi connectivity index (χ2n) is 7.87. The van der Waals surface area contributed by atoms with Gasteiger partial charge in [-0.3, -0.25) is 0 Å². The molecule has 0 saturated carbocycles. The molecule has 0 heterocycles. The predicted molar refractivity (Wildman–Crippen MR) is 134 cm³/mol. The van der Waals surface area contributed by atoms with E-state index in [1.807, 2.05) is 36.4 Å². The van der Waals surface area contributed by atoms with Crippen LogP contribution in [-0.4, -0.2) is 42.5 Å². The van der Waals surface area contributed by atoms with Gasteiger partial charge in [-0.1, -0.05) is 55.3 Å². The summed E-state index contributed by atoms with van der Waals surface area (Å²) in [6.45, 7) is 3.97. The van der Waals surface area contributed by atoms with Gasteiger partial charge < -0.3 is 25.0 Å². The third kappa shape index (κ3) is 7.48. The summed E-state index contributed by atoms with van der Waals surface area (Å²) in [6, 6.07) is 19.9. The highest BCUT2D eigenvalue weighted by Gasteiger charge is 2.13. The summed E-state index contributed by atoms with van der Waals surface area (Å²) in [5.41, 5.74) is 2.74. The van der Waals surface area contributed by atoms with Crippen LogP contribution >= 0.6 is 11.6 Å². The normalized spacial score (nSPS) is 11.7. The van der Waals surface area contributed by atoms with Crippen LogP contribution in [0.15, 0.2) is 66.7 Å². The van der Waals surface area contributed by atoms with Gasteiger partial charge in [0.15, 0.2) is 0 Å². The van der Waals surface area contributed by atoms with E-state index in [0.717, 1.165) is 35.3 Å². The summed E-state index contributed by atoms with van der Waals surface area (Å²) < 4.78 is 11.5. The van der Waals surface area contributed by atoms with Crippen molar-refractivity contribution in [2.24, 2.45) is 0 Å². The molecule has 3 aromatic carbocycles. The Hall–Kier alpha value is -3.06. The van der Waals surface area contributed by atoms with Gasteiger partial charge in [0, 0.05) is 18.1 Å². The Morgan fingerprint density at radius 1 is 1.00 bits per heavy atom. The average molecular weight is 484 g/mol.